The van der Waals surface area contributed by atoms with Gasteiger partial charge in [-0.2, -0.15) is 0 Å². The summed E-state index contributed by atoms with van der Waals surface area (Å²) in [7, 11) is 2.09. The van der Waals surface area contributed by atoms with E-state index in [4.69, 9.17) is 0 Å². The van der Waals surface area contributed by atoms with Crippen LogP contribution in [0.1, 0.15) is 19.4 Å². The molecule has 19 heavy (non-hydrogen) atoms. The van der Waals surface area contributed by atoms with Crippen molar-refractivity contribution in [3.05, 3.63) is 17.3 Å². The number of nitrogens with one attached hydrogen (secondary N) is 1. The molecule has 0 amide bonds. The van der Waals surface area contributed by atoms with E-state index in [-0.39, 0.29) is 0 Å². The lowest BCUT2D eigenvalue weighted by Crippen LogP contribution is -2.31. The Morgan fingerprint density at radius 1 is 1.37 bits per heavy atom. The van der Waals surface area contributed by atoms with E-state index in [9.17, 15) is 0 Å². The minimum Gasteiger partial charge on any atom is -0.357 e. The molecule has 0 unspecified atom stereocenters. The van der Waals surface area contributed by atoms with Crippen molar-refractivity contribution in [3.8, 4) is 0 Å². The van der Waals surface area contributed by atoms with Gasteiger partial charge in [-0.15, -0.1) is 11.3 Å². The highest BCUT2D eigenvalue weighted by atomic mass is 32.1. The Morgan fingerprint density at radius 2 is 2.16 bits per heavy atom. The molecule has 0 aliphatic rings. The van der Waals surface area contributed by atoms with Gasteiger partial charge in [0.2, 0.25) is 0 Å². The second kappa shape index (κ2) is 6.30. The molecule has 104 valence electrons. The Morgan fingerprint density at radius 3 is 2.89 bits per heavy atom. The average molecular weight is 278 g/mol. The third kappa shape index (κ3) is 3.42. The number of hydrogen-bond acceptors (Lipinski definition) is 5. The molecule has 0 aromatic carbocycles. The van der Waals surface area contributed by atoms with Crippen molar-refractivity contribution < 1.29 is 0 Å². The Labute approximate surface area is 118 Å². The van der Waals surface area contributed by atoms with Crippen LogP contribution in [0.5, 0.6) is 0 Å². The average Bonchev–Trinajstić information content (AvgIpc) is 2.76. The normalized spacial score (nSPS) is 11.4. The van der Waals surface area contributed by atoms with Gasteiger partial charge in [-0.05, 0) is 30.3 Å². The van der Waals surface area contributed by atoms with Gasteiger partial charge >= 0.3 is 0 Å². The van der Waals surface area contributed by atoms with E-state index in [2.05, 4.69) is 53.4 Å². The van der Waals surface area contributed by atoms with Crippen LogP contribution in [0.25, 0.3) is 10.2 Å². The standard InChI is InChI=1S/C14H22N4S/c1-10(2)7-15-5-6-18(4)14-13-12(16-9-17-14)11(3)8-19-13/h8-10,15H,5-7H2,1-4H3. The molecule has 0 saturated heterocycles. The number of hydrogen-bond donors (Lipinski definition) is 1. The van der Waals surface area contributed by atoms with Crippen LogP contribution in [0, 0.1) is 12.8 Å². The summed E-state index contributed by atoms with van der Waals surface area (Å²) in [5.41, 5.74) is 2.31. The quantitative estimate of drug-likeness (QED) is 0.825. The molecule has 0 bridgehead atoms. The molecular formula is C14H22N4S. The summed E-state index contributed by atoms with van der Waals surface area (Å²) in [4.78, 5) is 11.0. The van der Waals surface area contributed by atoms with Gasteiger partial charge < -0.3 is 10.2 Å². The number of anilines is 1. The van der Waals surface area contributed by atoms with Gasteiger partial charge in [0.15, 0.2) is 0 Å². The van der Waals surface area contributed by atoms with Crippen LogP contribution in [-0.4, -0.2) is 36.6 Å². The van der Waals surface area contributed by atoms with Crippen molar-refractivity contribution in [2.24, 2.45) is 5.92 Å². The minimum absolute atomic E-state index is 0.691. The molecule has 4 nitrogen and oxygen atoms in total. The zero-order valence-electron chi connectivity index (χ0n) is 12.1. The third-order valence-electron chi connectivity index (χ3n) is 3.05. The Balaban J connectivity index is 2.03. The van der Waals surface area contributed by atoms with Crippen LogP contribution in [0.2, 0.25) is 0 Å². The van der Waals surface area contributed by atoms with Gasteiger partial charge in [-0.1, -0.05) is 13.8 Å². The highest BCUT2D eigenvalue weighted by Crippen LogP contribution is 2.29. The number of rotatable bonds is 6. The monoisotopic (exact) mass is 278 g/mol. The molecule has 2 rings (SSSR count). The fourth-order valence-corrected chi connectivity index (χ4v) is 3.02. The van der Waals surface area contributed by atoms with Gasteiger partial charge in [-0.25, -0.2) is 9.97 Å². The Kier molecular flexibility index (Phi) is 4.71. The number of likely N-dealkylation sites (N-methyl/N-ethyl adjacent to an activating group) is 1. The van der Waals surface area contributed by atoms with E-state index in [1.165, 1.54) is 10.3 Å². The molecule has 0 atom stereocenters. The van der Waals surface area contributed by atoms with Crippen molar-refractivity contribution in [1.82, 2.24) is 15.3 Å². The van der Waals surface area contributed by atoms with Crippen molar-refractivity contribution in [1.29, 1.82) is 0 Å². The lowest BCUT2D eigenvalue weighted by molar-refractivity contribution is 0.554. The highest BCUT2D eigenvalue weighted by molar-refractivity contribution is 7.18. The predicted octanol–water partition coefficient (Wildman–Crippen LogP) is 2.68. The Hall–Kier alpha value is -1.20. The van der Waals surface area contributed by atoms with Gasteiger partial charge in [0.05, 0.1) is 10.2 Å². The lowest BCUT2D eigenvalue weighted by atomic mass is 10.2. The van der Waals surface area contributed by atoms with Crippen LogP contribution in [0.3, 0.4) is 0 Å². The lowest BCUT2D eigenvalue weighted by Gasteiger charge is -2.19. The summed E-state index contributed by atoms with van der Waals surface area (Å²) >= 11 is 1.73. The van der Waals surface area contributed by atoms with Gasteiger partial charge in [0, 0.05) is 20.1 Å². The van der Waals surface area contributed by atoms with Crippen LogP contribution in [-0.2, 0) is 0 Å². The van der Waals surface area contributed by atoms with Crippen molar-refractivity contribution in [2.75, 3.05) is 31.6 Å². The Bertz CT molecular complexity index is 535. The largest absolute Gasteiger partial charge is 0.357 e. The molecule has 0 fully saturated rings. The molecule has 5 heteroatoms. The number of aromatic nitrogens is 2. The zero-order chi connectivity index (χ0) is 13.8. The van der Waals surface area contributed by atoms with Crippen LogP contribution in [0.4, 0.5) is 5.82 Å². The van der Waals surface area contributed by atoms with Crippen molar-refractivity contribution in [3.63, 3.8) is 0 Å². The molecular weight excluding hydrogens is 256 g/mol. The van der Waals surface area contributed by atoms with E-state index in [0.29, 0.717) is 5.92 Å². The SMILES string of the molecule is Cc1csc2c(N(C)CCNCC(C)C)ncnc12. The first-order valence-corrected chi connectivity index (χ1v) is 7.58. The zero-order valence-corrected chi connectivity index (χ0v) is 12.9. The minimum atomic E-state index is 0.691. The molecule has 2 aromatic rings. The third-order valence-corrected chi connectivity index (χ3v) is 4.13. The topological polar surface area (TPSA) is 41.0 Å². The smallest absolute Gasteiger partial charge is 0.149 e. The van der Waals surface area contributed by atoms with Crippen LogP contribution < -0.4 is 10.2 Å². The summed E-state index contributed by atoms with van der Waals surface area (Å²) in [6.07, 6.45) is 1.66. The summed E-state index contributed by atoms with van der Waals surface area (Å²) < 4.78 is 1.19. The van der Waals surface area contributed by atoms with E-state index in [1.54, 1.807) is 17.7 Å². The maximum atomic E-state index is 4.43. The molecule has 2 heterocycles. The van der Waals surface area contributed by atoms with Gasteiger partial charge in [-0.3, -0.25) is 0 Å². The predicted molar refractivity (Wildman–Crippen MR) is 83.1 cm³/mol. The maximum Gasteiger partial charge on any atom is 0.149 e. The molecule has 0 spiro atoms. The van der Waals surface area contributed by atoms with Crippen LogP contribution in [0.15, 0.2) is 11.7 Å². The van der Waals surface area contributed by atoms with Crippen molar-refractivity contribution in [2.45, 2.75) is 20.8 Å². The highest BCUT2D eigenvalue weighted by Gasteiger charge is 2.11. The summed E-state index contributed by atoms with van der Waals surface area (Å²) in [5.74, 6) is 1.73. The second-order valence-corrected chi connectivity index (χ2v) is 6.19. The molecule has 2 aromatic heterocycles. The summed E-state index contributed by atoms with van der Waals surface area (Å²) in [6.45, 7) is 9.53. The van der Waals surface area contributed by atoms with Gasteiger partial charge in [0.25, 0.3) is 0 Å². The first-order chi connectivity index (χ1) is 9.09. The van der Waals surface area contributed by atoms with Gasteiger partial charge in [0.1, 0.15) is 12.1 Å². The van der Waals surface area contributed by atoms with E-state index in [1.807, 2.05) is 0 Å². The van der Waals surface area contributed by atoms with Crippen molar-refractivity contribution >= 4 is 27.4 Å². The number of nitrogens with zero attached hydrogens (tertiary/aromatic N) is 3. The fourth-order valence-electron chi connectivity index (χ4n) is 1.97. The fraction of sp³-hybridized carbons (Fsp3) is 0.571. The number of aryl methyl sites for hydroxylation is 1. The summed E-state index contributed by atoms with van der Waals surface area (Å²) in [6, 6.07) is 0. The molecule has 0 radical (unpaired) electrons. The molecule has 0 saturated carbocycles. The number of thiophene rings is 1. The first kappa shape index (κ1) is 14.2. The first-order valence-electron chi connectivity index (χ1n) is 6.70. The molecule has 0 aliphatic carbocycles. The van der Waals surface area contributed by atoms with E-state index < -0.39 is 0 Å². The second-order valence-electron chi connectivity index (χ2n) is 5.31. The molecule has 1 N–H and O–H groups in total. The number of fused-ring (bicyclic) bond motifs is 1. The van der Waals surface area contributed by atoms with E-state index >= 15 is 0 Å². The maximum absolute atomic E-state index is 4.43. The molecule has 0 aliphatic heterocycles. The van der Waals surface area contributed by atoms with E-state index in [0.717, 1.165) is 31.0 Å². The summed E-state index contributed by atoms with van der Waals surface area (Å²) in [5, 5.41) is 5.60. The van der Waals surface area contributed by atoms with Crippen LogP contribution >= 0.6 is 11.3 Å².